The van der Waals surface area contributed by atoms with Crippen molar-refractivity contribution in [3.05, 3.63) is 45.0 Å². The van der Waals surface area contributed by atoms with Crippen molar-refractivity contribution in [2.75, 3.05) is 7.11 Å². The maximum atomic E-state index is 6.40. The molecule has 0 saturated heterocycles. The molecule has 0 heterocycles. The van der Waals surface area contributed by atoms with Crippen molar-refractivity contribution in [3.63, 3.8) is 0 Å². The zero-order valence-electron chi connectivity index (χ0n) is 16.1. The Hall–Kier alpha value is -0.899. The average Bonchev–Trinajstić information content (AvgIpc) is 2.95. The Balaban J connectivity index is 2.33. The van der Waals surface area contributed by atoms with Crippen molar-refractivity contribution in [2.45, 2.75) is 52.2 Å². The summed E-state index contributed by atoms with van der Waals surface area (Å²) in [5.41, 5.74) is 1.29. The van der Waals surface area contributed by atoms with E-state index in [-0.39, 0.29) is 5.41 Å². The summed E-state index contributed by atoms with van der Waals surface area (Å²) in [6, 6.07) is 6.24. The van der Waals surface area contributed by atoms with Gasteiger partial charge >= 0.3 is 155 Å². The van der Waals surface area contributed by atoms with Gasteiger partial charge in [0.05, 0.1) is 0 Å². The van der Waals surface area contributed by atoms with Crippen LogP contribution in [0.2, 0.25) is 19.6 Å². The van der Waals surface area contributed by atoms with E-state index in [2.05, 4.69) is 69.5 Å². The van der Waals surface area contributed by atoms with E-state index in [1.165, 1.54) is 9.44 Å². The third-order valence-electron chi connectivity index (χ3n) is 4.30. The van der Waals surface area contributed by atoms with Gasteiger partial charge in [0, 0.05) is 0 Å². The molecule has 0 amide bonds. The Kier molecular flexibility index (Phi) is 5.79. The molecular formula is C20H30O2SiTi. The van der Waals surface area contributed by atoms with Crippen LogP contribution < -0.4 is 8.06 Å². The molecule has 0 fully saturated rings. The first kappa shape index (κ1) is 19.4. The van der Waals surface area contributed by atoms with Crippen molar-refractivity contribution in [2.24, 2.45) is 0 Å². The van der Waals surface area contributed by atoms with Crippen LogP contribution in [0.5, 0.6) is 11.5 Å². The number of methoxy groups -OCH3 is 1. The molecule has 0 N–H and O–H groups in total. The Bertz CT molecular complexity index is 703. The molecule has 0 spiro atoms. The van der Waals surface area contributed by atoms with Crippen molar-refractivity contribution in [3.8, 4) is 11.5 Å². The van der Waals surface area contributed by atoms with Gasteiger partial charge in [-0.3, -0.25) is 0 Å². The van der Waals surface area contributed by atoms with E-state index in [9.17, 15) is 0 Å². The van der Waals surface area contributed by atoms with E-state index in [0.717, 1.165) is 17.9 Å². The molecular weight excluding hydrogens is 348 g/mol. The van der Waals surface area contributed by atoms with Crippen LogP contribution in [-0.4, -0.2) is 20.0 Å². The molecule has 0 bridgehead atoms. The first-order chi connectivity index (χ1) is 11.0. The van der Waals surface area contributed by atoms with E-state index in [1.54, 1.807) is 12.3 Å². The second-order valence-electron chi connectivity index (χ2n) is 8.42. The van der Waals surface area contributed by atoms with Gasteiger partial charge in [0.2, 0.25) is 0 Å². The van der Waals surface area contributed by atoms with Crippen LogP contribution in [0.25, 0.3) is 0 Å². The van der Waals surface area contributed by atoms with E-state index in [0.29, 0.717) is 0 Å². The monoisotopic (exact) mass is 378 g/mol. The van der Waals surface area contributed by atoms with Crippen molar-refractivity contribution >= 4 is 12.9 Å². The third kappa shape index (κ3) is 4.59. The van der Waals surface area contributed by atoms with Gasteiger partial charge in [0.25, 0.3) is 0 Å². The van der Waals surface area contributed by atoms with E-state index >= 15 is 0 Å². The second-order valence-corrected chi connectivity index (χ2v) is 16.0. The Morgan fingerprint density at radius 3 is 2.25 bits per heavy atom. The van der Waals surface area contributed by atoms with Crippen LogP contribution in [0.15, 0.2) is 39.4 Å². The van der Waals surface area contributed by atoms with Gasteiger partial charge in [-0.25, -0.2) is 0 Å². The predicted octanol–water partition coefficient (Wildman–Crippen LogP) is 5.43. The Labute approximate surface area is 154 Å². The van der Waals surface area contributed by atoms with Crippen LogP contribution in [0.4, 0.5) is 0 Å². The normalized spacial score (nSPS) is 15.0. The summed E-state index contributed by atoms with van der Waals surface area (Å²) in [6.07, 6.45) is 5.61. The van der Waals surface area contributed by atoms with E-state index < -0.39 is 25.9 Å². The van der Waals surface area contributed by atoms with E-state index in [1.807, 2.05) is 6.07 Å². The van der Waals surface area contributed by atoms with Gasteiger partial charge in [-0.1, -0.05) is 0 Å². The Morgan fingerprint density at radius 2 is 1.71 bits per heavy atom. The Morgan fingerprint density at radius 1 is 1.08 bits per heavy atom. The summed E-state index contributed by atoms with van der Waals surface area (Å²) >= 11 is -2.01. The zero-order chi connectivity index (χ0) is 18.1. The molecule has 130 valence electrons. The molecule has 2 rings (SSSR count). The quantitative estimate of drug-likeness (QED) is 0.636. The minimum absolute atomic E-state index is 0.0612. The summed E-state index contributed by atoms with van der Waals surface area (Å²) in [4.78, 5) is 4.45. The summed E-state index contributed by atoms with van der Waals surface area (Å²) in [5, 5.41) is 1.55. The maximum absolute atomic E-state index is 6.40. The average molecular weight is 378 g/mol. The van der Waals surface area contributed by atoms with Crippen LogP contribution in [0, 0.1) is 0 Å². The number of benzene rings is 1. The number of ether oxygens (including phenoxy) is 1. The van der Waals surface area contributed by atoms with Crippen molar-refractivity contribution < 1.29 is 25.9 Å². The predicted molar refractivity (Wildman–Crippen MR) is 104 cm³/mol. The second kappa shape index (κ2) is 7.15. The van der Waals surface area contributed by atoms with Crippen molar-refractivity contribution in [1.82, 2.24) is 0 Å². The fraction of sp³-hybridized carbons (Fsp3) is 0.450. The minimum atomic E-state index is -2.01. The number of hydrogen-bond acceptors (Lipinski definition) is 2. The zero-order valence-corrected chi connectivity index (χ0v) is 18.7. The SMILES string of the molecule is [CH2]=[Ti]([O]c1cc(OC)cc(C(C)(C)C)c1)[C]1=C([Si](C)(C)C)C=CC1. The molecule has 1 aromatic rings. The first-order valence-corrected chi connectivity index (χ1v) is 14.5. The topological polar surface area (TPSA) is 18.5 Å². The van der Waals surface area contributed by atoms with E-state index in [4.69, 9.17) is 8.06 Å². The van der Waals surface area contributed by atoms with Gasteiger partial charge in [-0.2, -0.15) is 0 Å². The van der Waals surface area contributed by atoms with Crippen LogP contribution in [0.1, 0.15) is 32.8 Å². The van der Waals surface area contributed by atoms with Gasteiger partial charge < -0.3 is 0 Å². The molecule has 4 heteroatoms. The summed E-state index contributed by atoms with van der Waals surface area (Å²) < 4.78 is 13.4. The van der Waals surface area contributed by atoms with Crippen LogP contribution in [-0.2, 0) is 23.2 Å². The fourth-order valence-electron chi connectivity index (χ4n) is 2.86. The number of hydrogen-bond donors (Lipinski definition) is 0. The molecule has 0 radical (unpaired) electrons. The van der Waals surface area contributed by atoms with Gasteiger partial charge in [0.15, 0.2) is 0 Å². The molecule has 2 nitrogen and oxygen atoms in total. The number of rotatable bonds is 5. The van der Waals surface area contributed by atoms with Gasteiger partial charge in [0.1, 0.15) is 0 Å². The molecule has 1 aliphatic rings. The molecule has 0 aliphatic heterocycles. The number of allylic oxidation sites excluding steroid dienone is 4. The molecule has 0 unspecified atom stereocenters. The standard InChI is InChI=1S/C11H16O2.C8H13Si.CH2.Ti/c1-11(2,3)8-5-9(12)7-10(6-8)13-4;1-9(2,3)8-6-4-5-7-8;;/h5-7,12H,1-4H3;4,6H,5H2,1-3H3;1H2;/q;;;+1/p-1. The molecule has 0 atom stereocenters. The van der Waals surface area contributed by atoms with Gasteiger partial charge in [-0.05, 0) is 0 Å². The summed E-state index contributed by atoms with van der Waals surface area (Å²) in [5.74, 6) is 1.76. The summed E-state index contributed by atoms with van der Waals surface area (Å²) in [7, 11) is 0.372. The van der Waals surface area contributed by atoms with Crippen LogP contribution >= 0.6 is 0 Å². The third-order valence-corrected chi connectivity index (χ3v) is 9.32. The summed E-state index contributed by atoms with van der Waals surface area (Å²) in [6.45, 7) is 13.8. The molecule has 1 aliphatic carbocycles. The molecule has 0 saturated carbocycles. The van der Waals surface area contributed by atoms with Crippen molar-refractivity contribution in [1.29, 1.82) is 0 Å². The molecule has 1 aromatic carbocycles. The first-order valence-electron chi connectivity index (χ1n) is 8.49. The van der Waals surface area contributed by atoms with Crippen LogP contribution in [0.3, 0.4) is 0 Å². The van der Waals surface area contributed by atoms with Gasteiger partial charge in [-0.15, -0.1) is 0 Å². The fourth-order valence-corrected chi connectivity index (χ4v) is 8.77. The molecule has 24 heavy (non-hydrogen) atoms. The molecule has 0 aromatic heterocycles.